The van der Waals surface area contributed by atoms with Crippen molar-refractivity contribution in [3.63, 3.8) is 0 Å². The lowest BCUT2D eigenvalue weighted by atomic mass is 9.73. The minimum absolute atomic E-state index is 0.172. The first-order chi connectivity index (χ1) is 12.1. The van der Waals surface area contributed by atoms with Crippen molar-refractivity contribution in [3.8, 4) is 0 Å². The van der Waals surface area contributed by atoms with Gasteiger partial charge >= 0.3 is 5.97 Å². The molecule has 0 saturated carbocycles. The minimum Gasteiger partial charge on any atom is -0.465 e. The number of allylic oxidation sites excluding steroid dienone is 2. The van der Waals surface area contributed by atoms with Gasteiger partial charge in [0, 0.05) is 5.92 Å². The molecule has 0 N–H and O–H groups in total. The molecule has 1 aliphatic rings. The van der Waals surface area contributed by atoms with Crippen LogP contribution in [0.5, 0.6) is 0 Å². The first-order valence-corrected chi connectivity index (χ1v) is 8.63. The predicted molar refractivity (Wildman–Crippen MR) is 98.1 cm³/mol. The molecule has 0 amide bonds. The summed E-state index contributed by atoms with van der Waals surface area (Å²) in [5.41, 5.74) is 4.14. The average molecular weight is 334 g/mol. The molecular weight excluding hydrogens is 312 g/mol. The van der Waals surface area contributed by atoms with Crippen LogP contribution in [0.25, 0.3) is 5.57 Å². The Bertz CT molecular complexity index is 788. The lowest BCUT2D eigenvalue weighted by Crippen LogP contribution is -2.34. The number of carbonyl (C=O) groups is 2. The Labute approximate surface area is 148 Å². The van der Waals surface area contributed by atoms with Gasteiger partial charge in [-0.3, -0.25) is 9.59 Å². The van der Waals surface area contributed by atoms with Crippen LogP contribution in [-0.4, -0.2) is 18.4 Å². The molecule has 0 aliphatic heterocycles. The SMILES string of the molecule is CCOC(=O)[C@H]1C(=O)C=C(c2ccccc2)C[C@@H]1c1ccc(C)cc1. The second kappa shape index (κ2) is 7.47. The molecule has 0 heterocycles. The maximum Gasteiger partial charge on any atom is 0.317 e. The first-order valence-electron chi connectivity index (χ1n) is 8.63. The van der Waals surface area contributed by atoms with E-state index in [2.05, 4.69) is 0 Å². The van der Waals surface area contributed by atoms with Gasteiger partial charge in [-0.1, -0.05) is 60.2 Å². The monoisotopic (exact) mass is 334 g/mol. The molecule has 3 rings (SSSR count). The summed E-state index contributed by atoms with van der Waals surface area (Å²) in [6.45, 7) is 4.06. The fourth-order valence-electron chi connectivity index (χ4n) is 3.36. The summed E-state index contributed by atoms with van der Waals surface area (Å²) in [6.07, 6.45) is 2.25. The molecule has 0 bridgehead atoms. The third kappa shape index (κ3) is 3.71. The van der Waals surface area contributed by atoms with Gasteiger partial charge in [0.25, 0.3) is 0 Å². The highest BCUT2D eigenvalue weighted by atomic mass is 16.5. The Hall–Kier alpha value is -2.68. The standard InChI is InChI=1S/C22H22O3/c1-3-25-22(24)21-19(17-11-9-15(2)10-12-17)13-18(14-20(21)23)16-7-5-4-6-8-16/h4-12,14,19,21H,3,13H2,1-2H3/t19-,21-/m1/s1. The van der Waals surface area contributed by atoms with Gasteiger partial charge < -0.3 is 4.74 Å². The summed E-state index contributed by atoms with van der Waals surface area (Å²) in [5.74, 6) is -1.57. The predicted octanol–water partition coefficient (Wildman–Crippen LogP) is 4.31. The van der Waals surface area contributed by atoms with Gasteiger partial charge in [0.05, 0.1) is 6.61 Å². The van der Waals surface area contributed by atoms with E-state index in [4.69, 9.17) is 4.74 Å². The fraction of sp³-hybridized carbons (Fsp3) is 0.273. The zero-order valence-electron chi connectivity index (χ0n) is 14.6. The van der Waals surface area contributed by atoms with Gasteiger partial charge in [0.2, 0.25) is 0 Å². The van der Waals surface area contributed by atoms with E-state index in [0.717, 1.165) is 22.3 Å². The lowest BCUT2D eigenvalue weighted by Gasteiger charge is -2.29. The molecular formula is C22H22O3. The fourth-order valence-corrected chi connectivity index (χ4v) is 3.36. The first kappa shape index (κ1) is 17.2. The third-order valence-corrected chi connectivity index (χ3v) is 4.66. The van der Waals surface area contributed by atoms with Crippen molar-refractivity contribution in [1.29, 1.82) is 0 Å². The third-order valence-electron chi connectivity index (χ3n) is 4.66. The van der Waals surface area contributed by atoms with Crippen LogP contribution in [0.1, 0.15) is 36.0 Å². The summed E-state index contributed by atoms with van der Waals surface area (Å²) in [4.78, 5) is 25.2. The number of hydrogen-bond acceptors (Lipinski definition) is 3. The van der Waals surface area contributed by atoms with E-state index >= 15 is 0 Å². The summed E-state index contributed by atoms with van der Waals surface area (Å²) in [5, 5.41) is 0. The van der Waals surface area contributed by atoms with Crippen molar-refractivity contribution in [2.45, 2.75) is 26.2 Å². The number of hydrogen-bond donors (Lipinski definition) is 0. The van der Waals surface area contributed by atoms with Gasteiger partial charge in [-0.15, -0.1) is 0 Å². The molecule has 128 valence electrons. The highest BCUT2D eigenvalue weighted by molar-refractivity contribution is 6.10. The second-order valence-corrected chi connectivity index (χ2v) is 6.39. The highest BCUT2D eigenvalue weighted by Gasteiger charge is 2.39. The number of benzene rings is 2. The normalized spacial score (nSPS) is 20.1. The highest BCUT2D eigenvalue weighted by Crippen LogP contribution is 2.40. The summed E-state index contributed by atoms with van der Waals surface area (Å²) >= 11 is 0. The number of ether oxygens (including phenoxy) is 1. The van der Waals surface area contributed by atoms with Crippen molar-refractivity contribution < 1.29 is 14.3 Å². The number of rotatable bonds is 4. The van der Waals surface area contributed by atoms with Crippen molar-refractivity contribution in [2.75, 3.05) is 6.61 Å². The molecule has 0 unspecified atom stereocenters. The van der Waals surface area contributed by atoms with Gasteiger partial charge in [0.1, 0.15) is 5.92 Å². The molecule has 0 fully saturated rings. The molecule has 3 heteroatoms. The smallest absolute Gasteiger partial charge is 0.317 e. The van der Waals surface area contributed by atoms with Crippen molar-refractivity contribution in [1.82, 2.24) is 0 Å². The molecule has 0 aromatic heterocycles. The number of ketones is 1. The van der Waals surface area contributed by atoms with Crippen LogP contribution in [-0.2, 0) is 14.3 Å². The average Bonchev–Trinajstić information content (AvgIpc) is 2.62. The lowest BCUT2D eigenvalue weighted by molar-refractivity contribution is -0.151. The Kier molecular flexibility index (Phi) is 5.13. The van der Waals surface area contributed by atoms with Crippen molar-refractivity contribution >= 4 is 17.3 Å². The Morgan fingerprint density at radius 1 is 1.08 bits per heavy atom. The number of esters is 1. The van der Waals surface area contributed by atoms with E-state index in [1.807, 2.05) is 61.5 Å². The van der Waals surface area contributed by atoms with Gasteiger partial charge in [-0.25, -0.2) is 0 Å². The zero-order valence-corrected chi connectivity index (χ0v) is 14.6. The van der Waals surface area contributed by atoms with Gasteiger partial charge in [0.15, 0.2) is 5.78 Å². The van der Waals surface area contributed by atoms with E-state index in [1.54, 1.807) is 13.0 Å². The molecule has 3 nitrogen and oxygen atoms in total. The largest absolute Gasteiger partial charge is 0.465 e. The zero-order chi connectivity index (χ0) is 17.8. The molecule has 0 radical (unpaired) electrons. The van der Waals surface area contributed by atoms with E-state index in [1.165, 1.54) is 0 Å². The van der Waals surface area contributed by atoms with Gasteiger partial charge in [-0.05, 0) is 43.0 Å². The molecule has 2 aromatic carbocycles. The molecule has 0 spiro atoms. The van der Waals surface area contributed by atoms with Crippen LogP contribution < -0.4 is 0 Å². The summed E-state index contributed by atoms with van der Waals surface area (Å²) in [6, 6.07) is 17.9. The van der Waals surface area contributed by atoms with E-state index in [-0.39, 0.29) is 18.3 Å². The maximum atomic E-state index is 12.8. The number of aryl methyl sites for hydroxylation is 1. The Morgan fingerprint density at radius 3 is 2.40 bits per heavy atom. The van der Waals surface area contributed by atoms with Crippen LogP contribution in [0.2, 0.25) is 0 Å². The van der Waals surface area contributed by atoms with E-state index in [0.29, 0.717) is 6.42 Å². The van der Waals surface area contributed by atoms with E-state index < -0.39 is 11.9 Å². The topological polar surface area (TPSA) is 43.4 Å². The quantitative estimate of drug-likeness (QED) is 0.618. The molecule has 0 saturated heterocycles. The van der Waals surface area contributed by atoms with Crippen LogP contribution in [0, 0.1) is 12.8 Å². The molecule has 1 aliphatic carbocycles. The summed E-state index contributed by atoms with van der Waals surface area (Å²) in [7, 11) is 0. The van der Waals surface area contributed by atoms with Crippen LogP contribution >= 0.6 is 0 Å². The molecule has 25 heavy (non-hydrogen) atoms. The second-order valence-electron chi connectivity index (χ2n) is 6.39. The van der Waals surface area contributed by atoms with E-state index in [9.17, 15) is 9.59 Å². The summed E-state index contributed by atoms with van der Waals surface area (Å²) < 4.78 is 5.18. The van der Waals surface area contributed by atoms with Gasteiger partial charge in [-0.2, -0.15) is 0 Å². The van der Waals surface area contributed by atoms with Crippen LogP contribution in [0.3, 0.4) is 0 Å². The molecule has 2 atom stereocenters. The van der Waals surface area contributed by atoms with Crippen LogP contribution in [0.4, 0.5) is 0 Å². The molecule has 2 aromatic rings. The van der Waals surface area contributed by atoms with Crippen LogP contribution in [0.15, 0.2) is 60.7 Å². The number of carbonyl (C=O) groups excluding carboxylic acids is 2. The Morgan fingerprint density at radius 2 is 1.76 bits per heavy atom. The maximum absolute atomic E-state index is 12.8. The van der Waals surface area contributed by atoms with Crippen molar-refractivity contribution in [2.24, 2.45) is 5.92 Å². The van der Waals surface area contributed by atoms with Crippen molar-refractivity contribution in [3.05, 3.63) is 77.4 Å². The minimum atomic E-state index is -0.768. The Balaban J connectivity index is 2.01.